The smallest absolute Gasteiger partial charge is 0.222 e. The highest BCUT2D eigenvalue weighted by molar-refractivity contribution is 5.73. The van der Waals surface area contributed by atoms with Gasteiger partial charge in [0.2, 0.25) is 5.95 Å². The predicted molar refractivity (Wildman–Crippen MR) is 86.0 cm³/mol. The van der Waals surface area contributed by atoms with Gasteiger partial charge in [-0.25, -0.2) is 4.98 Å². The van der Waals surface area contributed by atoms with Crippen molar-refractivity contribution in [2.75, 3.05) is 18.1 Å². The molecular formula is C16H19N5O. The summed E-state index contributed by atoms with van der Waals surface area (Å²) in [4.78, 5) is 7.95. The topological polar surface area (TPSA) is 111 Å². The van der Waals surface area contributed by atoms with Crippen LogP contribution in [-0.4, -0.2) is 16.6 Å². The van der Waals surface area contributed by atoms with E-state index < -0.39 is 0 Å². The molecule has 1 heterocycles. The van der Waals surface area contributed by atoms with Crippen molar-refractivity contribution in [3.05, 3.63) is 29.8 Å². The molecular weight excluding hydrogens is 278 g/mol. The first kappa shape index (κ1) is 15.6. The quantitative estimate of drug-likeness (QED) is 0.793. The lowest BCUT2D eigenvalue weighted by atomic mass is 10.1. The molecule has 0 aliphatic heterocycles. The van der Waals surface area contributed by atoms with Crippen molar-refractivity contribution < 1.29 is 4.74 Å². The van der Waals surface area contributed by atoms with Gasteiger partial charge in [0.05, 0.1) is 12.3 Å². The maximum atomic E-state index is 9.24. The molecule has 2 rings (SSSR count). The number of unbranched alkanes of at least 4 members (excludes halogenated alkanes) is 2. The SMILES string of the molecule is CCCCCOc1cccc(-c2nc(N)nc(N)c2C#N)c1. The van der Waals surface area contributed by atoms with Gasteiger partial charge in [-0.15, -0.1) is 0 Å². The number of rotatable bonds is 6. The van der Waals surface area contributed by atoms with Crippen LogP contribution in [0.4, 0.5) is 11.8 Å². The average Bonchev–Trinajstić information content (AvgIpc) is 2.51. The third kappa shape index (κ3) is 3.64. The van der Waals surface area contributed by atoms with Gasteiger partial charge in [-0.05, 0) is 18.6 Å². The molecule has 0 atom stereocenters. The zero-order valence-electron chi connectivity index (χ0n) is 12.5. The molecule has 0 saturated heterocycles. The summed E-state index contributed by atoms with van der Waals surface area (Å²) in [6.45, 7) is 2.81. The van der Waals surface area contributed by atoms with E-state index >= 15 is 0 Å². The van der Waals surface area contributed by atoms with Crippen LogP contribution in [-0.2, 0) is 0 Å². The van der Waals surface area contributed by atoms with E-state index in [9.17, 15) is 5.26 Å². The Morgan fingerprint density at radius 1 is 1.23 bits per heavy atom. The lowest BCUT2D eigenvalue weighted by Crippen LogP contribution is -2.05. The number of aromatic nitrogens is 2. The fourth-order valence-corrected chi connectivity index (χ4v) is 2.09. The van der Waals surface area contributed by atoms with Gasteiger partial charge in [-0.3, -0.25) is 0 Å². The Morgan fingerprint density at radius 3 is 2.77 bits per heavy atom. The van der Waals surface area contributed by atoms with E-state index in [4.69, 9.17) is 16.2 Å². The van der Waals surface area contributed by atoms with Crippen molar-refractivity contribution in [2.24, 2.45) is 0 Å². The van der Waals surface area contributed by atoms with E-state index in [2.05, 4.69) is 16.9 Å². The number of nitrogen functional groups attached to an aromatic ring is 2. The second kappa shape index (κ2) is 7.27. The van der Waals surface area contributed by atoms with E-state index in [1.807, 2.05) is 30.3 Å². The van der Waals surface area contributed by atoms with Crippen LogP contribution in [0.15, 0.2) is 24.3 Å². The number of nitrogens with two attached hydrogens (primary N) is 2. The van der Waals surface area contributed by atoms with E-state index in [1.54, 1.807) is 0 Å². The molecule has 0 aliphatic carbocycles. The minimum Gasteiger partial charge on any atom is -0.494 e. The van der Waals surface area contributed by atoms with Gasteiger partial charge >= 0.3 is 0 Å². The summed E-state index contributed by atoms with van der Waals surface area (Å²) in [5.74, 6) is 0.855. The third-order valence-corrected chi connectivity index (χ3v) is 3.19. The highest BCUT2D eigenvalue weighted by atomic mass is 16.5. The van der Waals surface area contributed by atoms with Crippen LogP contribution < -0.4 is 16.2 Å². The first-order valence-corrected chi connectivity index (χ1v) is 7.22. The molecule has 0 unspecified atom stereocenters. The molecule has 0 aliphatic rings. The number of nitriles is 1. The molecule has 6 nitrogen and oxygen atoms in total. The van der Waals surface area contributed by atoms with Gasteiger partial charge in [0.15, 0.2) is 0 Å². The Labute approximate surface area is 129 Å². The minimum absolute atomic E-state index is 0.0424. The normalized spacial score (nSPS) is 10.2. The fourth-order valence-electron chi connectivity index (χ4n) is 2.09. The van der Waals surface area contributed by atoms with Crippen molar-refractivity contribution in [1.29, 1.82) is 5.26 Å². The Balaban J connectivity index is 2.28. The van der Waals surface area contributed by atoms with Crippen molar-refractivity contribution in [3.63, 3.8) is 0 Å². The number of ether oxygens (including phenoxy) is 1. The second-order valence-electron chi connectivity index (χ2n) is 4.89. The Bertz CT molecular complexity index is 693. The van der Waals surface area contributed by atoms with E-state index in [-0.39, 0.29) is 17.3 Å². The van der Waals surface area contributed by atoms with E-state index in [1.165, 1.54) is 0 Å². The van der Waals surface area contributed by atoms with Crippen LogP contribution in [0.3, 0.4) is 0 Å². The molecule has 0 fully saturated rings. The molecule has 4 N–H and O–H groups in total. The molecule has 1 aromatic carbocycles. The molecule has 0 radical (unpaired) electrons. The standard InChI is InChI=1S/C16H19N5O/c1-2-3-4-8-22-12-7-5-6-11(9-12)14-13(10-17)15(18)21-16(19)20-14/h5-7,9H,2-4,8H2,1H3,(H4,18,19,20,21). The Hall–Kier alpha value is -2.81. The van der Waals surface area contributed by atoms with Crippen LogP contribution >= 0.6 is 0 Å². The molecule has 6 heteroatoms. The molecule has 22 heavy (non-hydrogen) atoms. The van der Waals surface area contributed by atoms with Gasteiger partial charge in [-0.2, -0.15) is 10.2 Å². The van der Waals surface area contributed by atoms with Crippen LogP contribution in [0.1, 0.15) is 31.7 Å². The molecule has 0 amide bonds. The highest BCUT2D eigenvalue weighted by Gasteiger charge is 2.13. The molecule has 1 aromatic heterocycles. The van der Waals surface area contributed by atoms with Gasteiger partial charge in [0, 0.05) is 5.56 Å². The van der Waals surface area contributed by atoms with Gasteiger partial charge in [0.1, 0.15) is 23.2 Å². The maximum absolute atomic E-state index is 9.24. The summed E-state index contributed by atoms with van der Waals surface area (Å²) >= 11 is 0. The first-order chi connectivity index (χ1) is 10.7. The largest absolute Gasteiger partial charge is 0.494 e. The van der Waals surface area contributed by atoms with Gasteiger partial charge in [-0.1, -0.05) is 31.9 Å². The first-order valence-electron chi connectivity index (χ1n) is 7.22. The van der Waals surface area contributed by atoms with Crippen molar-refractivity contribution in [2.45, 2.75) is 26.2 Å². The second-order valence-corrected chi connectivity index (χ2v) is 4.89. The van der Waals surface area contributed by atoms with Gasteiger partial charge < -0.3 is 16.2 Å². The lowest BCUT2D eigenvalue weighted by molar-refractivity contribution is 0.306. The number of benzene rings is 1. The zero-order valence-corrected chi connectivity index (χ0v) is 12.5. The molecule has 114 valence electrons. The summed E-state index contributed by atoms with van der Waals surface area (Å²) in [7, 11) is 0. The van der Waals surface area contributed by atoms with Crippen LogP contribution in [0, 0.1) is 11.3 Å². The number of hydrogen-bond acceptors (Lipinski definition) is 6. The lowest BCUT2D eigenvalue weighted by Gasteiger charge is -2.09. The molecule has 0 bridgehead atoms. The number of hydrogen-bond donors (Lipinski definition) is 2. The molecule has 2 aromatic rings. The minimum atomic E-state index is 0.0424. The zero-order chi connectivity index (χ0) is 15.9. The van der Waals surface area contributed by atoms with Crippen molar-refractivity contribution in [3.8, 4) is 23.1 Å². The Kier molecular flexibility index (Phi) is 5.15. The average molecular weight is 297 g/mol. The molecule has 0 spiro atoms. The summed E-state index contributed by atoms with van der Waals surface area (Å²) in [6, 6.07) is 9.40. The fraction of sp³-hybridized carbons (Fsp3) is 0.312. The maximum Gasteiger partial charge on any atom is 0.222 e. The summed E-state index contributed by atoms with van der Waals surface area (Å²) in [6.07, 6.45) is 3.29. The summed E-state index contributed by atoms with van der Waals surface area (Å²) < 4.78 is 5.72. The van der Waals surface area contributed by atoms with E-state index in [0.717, 1.165) is 30.6 Å². The van der Waals surface area contributed by atoms with Crippen molar-refractivity contribution in [1.82, 2.24) is 9.97 Å². The summed E-state index contributed by atoms with van der Waals surface area (Å²) in [5, 5.41) is 9.24. The molecule has 0 saturated carbocycles. The summed E-state index contributed by atoms with van der Waals surface area (Å²) in [5.41, 5.74) is 12.7. The Morgan fingerprint density at radius 2 is 2.05 bits per heavy atom. The monoisotopic (exact) mass is 297 g/mol. The number of nitrogens with zero attached hydrogens (tertiary/aromatic N) is 3. The predicted octanol–water partition coefficient (Wildman–Crippen LogP) is 2.75. The highest BCUT2D eigenvalue weighted by Crippen LogP contribution is 2.28. The third-order valence-electron chi connectivity index (χ3n) is 3.19. The van der Waals surface area contributed by atoms with E-state index in [0.29, 0.717) is 12.3 Å². The van der Waals surface area contributed by atoms with Crippen molar-refractivity contribution >= 4 is 11.8 Å². The number of anilines is 2. The van der Waals surface area contributed by atoms with Gasteiger partial charge in [0.25, 0.3) is 0 Å². The van der Waals surface area contributed by atoms with Crippen LogP contribution in [0.5, 0.6) is 5.75 Å². The van der Waals surface area contributed by atoms with Crippen LogP contribution in [0.2, 0.25) is 0 Å². The van der Waals surface area contributed by atoms with Crippen LogP contribution in [0.25, 0.3) is 11.3 Å².